The number of hydrogen-bond acceptors (Lipinski definition) is 10. The lowest BCUT2D eigenvalue weighted by molar-refractivity contribution is 0.579. The van der Waals surface area contributed by atoms with Crippen molar-refractivity contribution in [1.82, 2.24) is 14.7 Å². The molecule has 0 saturated heterocycles. The Hall–Kier alpha value is -3.15. The van der Waals surface area contributed by atoms with Crippen molar-refractivity contribution in [1.29, 1.82) is 0 Å². The zero-order valence-electron chi connectivity index (χ0n) is 19.5. The summed E-state index contributed by atoms with van der Waals surface area (Å²) in [5, 5.41) is 15.9. The molecule has 1 aliphatic carbocycles. The quantitative estimate of drug-likeness (QED) is 0.235. The third-order valence-corrected chi connectivity index (χ3v) is 9.10. The maximum absolute atomic E-state index is 12.0. The van der Waals surface area contributed by atoms with Crippen LogP contribution in [0.3, 0.4) is 0 Å². The van der Waals surface area contributed by atoms with Crippen LogP contribution in [-0.4, -0.2) is 40.5 Å². The molecule has 37 heavy (non-hydrogen) atoms. The molecule has 0 aliphatic heterocycles. The fourth-order valence-electron chi connectivity index (χ4n) is 3.25. The molecule has 0 spiro atoms. The first-order valence-corrected chi connectivity index (χ1v) is 15.5. The van der Waals surface area contributed by atoms with E-state index in [2.05, 4.69) is 25.3 Å². The fraction of sp³-hybridized carbons (Fsp3) is 0.238. The fourth-order valence-corrected chi connectivity index (χ4v) is 5.85. The van der Waals surface area contributed by atoms with Crippen LogP contribution in [-0.2, 0) is 36.6 Å². The van der Waals surface area contributed by atoms with Crippen molar-refractivity contribution in [3.63, 3.8) is 0 Å². The van der Waals surface area contributed by atoms with Gasteiger partial charge in [-0.05, 0) is 55.7 Å². The van der Waals surface area contributed by atoms with E-state index in [1.165, 1.54) is 6.20 Å². The highest BCUT2D eigenvalue weighted by molar-refractivity contribution is 7.90. The number of hydrogen-bond donors (Lipinski definition) is 5. The van der Waals surface area contributed by atoms with Gasteiger partial charge in [-0.1, -0.05) is 12.1 Å². The van der Waals surface area contributed by atoms with Gasteiger partial charge in [-0.2, -0.15) is 4.98 Å². The monoisotopic (exact) mass is 567 g/mol. The number of aromatic nitrogens is 2. The molecule has 198 valence electrons. The van der Waals surface area contributed by atoms with E-state index in [-0.39, 0.29) is 23.4 Å². The third kappa shape index (κ3) is 7.00. The number of nitrogens with two attached hydrogens (primary N) is 2. The number of nitrogens with one attached hydrogen (secondary N) is 3. The van der Waals surface area contributed by atoms with Gasteiger partial charge in [0.1, 0.15) is 5.82 Å². The minimum absolute atomic E-state index is 0.0448. The van der Waals surface area contributed by atoms with E-state index in [9.17, 15) is 25.3 Å². The van der Waals surface area contributed by atoms with Crippen LogP contribution in [0.25, 0.3) is 0 Å². The zero-order chi connectivity index (χ0) is 27.0. The SMILES string of the molecule is Cc1cnc(Nc2cc(S(N)(=O)=O)cc(S(N)(=O)=O)c2)nc1Nc1ccc(CNS(=O)(=O)C2CC2)cc1. The van der Waals surface area contributed by atoms with Gasteiger partial charge in [0.2, 0.25) is 36.0 Å². The van der Waals surface area contributed by atoms with Crippen LogP contribution < -0.4 is 25.6 Å². The number of anilines is 4. The predicted octanol–water partition coefficient (Wildman–Crippen LogP) is 1.15. The van der Waals surface area contributed by atoms with E-state index in [4.69, 9.17) is 10.3 Å². The van der Waals surface area contributed by atoms with Crippen LogP contribution in [0.5, 0.6) is 0 Å². The minimum Gasteiger partial charge on any atom is -0.340 e. The minimum atomic E-state index is -4.22. The lowest BCUT2D eigenvalue weighted by atomic mass is 10.2. The average molecular weight is 568 g/mol. The molecule has 4 rings (SSSR count). The smallest absolute Gasteiger partial charge is 0.238 e. The summed E-state index contributed by atoms with van der Waals surface area (Å²) in [5.41, 5.74) is 2.20. The van der Waals surface area contributed by atoms with Gasteiger partial charge in [0, 0.05) is 29.7 Å². The summed E-state index contributed by atoms with van der Waals surface area (Å²) in [7, 11) is -11.7. The Morgan fingerprint density at radius 1 is 0.865 bits per heavy atom. The lowest BCUT2D eigenvalue weighted by Crippen LogP contribution is -2.26. The van der Waals surface area contributed by atoms with E-state index in [1.54, 1.807) is 31.2 Å². The van der Waals surface area contributed by atoms with Crippen LogP contribution in [0.15, 0.2) is 58.5 Å². The standard InChI is InChI=1S/C21H25N7O6S3/c1-13-11-24-21(27-16-8-18(35(22,29)30)10-19(9-16)36(23,31)32)28-20(13)26-15-4-2-14(3-5-15)12-25-37(33,34)17-6-7-17/h2-5,8-11,17,25H,6-7,12H2,1H3,(H2,22,29,30)(H2,23,31,32)(H2,24,26,27,28). The molecule has 1 aliphatic rings. The summed E-state index contributed by atoms with van der Waals surface area (Å²) >= 11 is 0. The molecular formula is C21H25N7O6S3. The maximum atomic E-state index is 12.0. The highest BCUT2D eigenvalue weighted by atomic mass is 32.2. The number of primary sulfonamides is 2. The van der Waals surface area contributed by atoms with E-state index < -0.39 is 39.9 Å². The first kappa shape index (κ1) is 26.9. The molecule has 0 radical (unpaired) electrons. The molecule has 1 aromatic heterocycles. The molecule has 3 aromatic rings. The summed E-state index contributed by atoms with van der Waals surface area (Å²) < 4.78 is 73.8. The van der Waals surface area contributed by atoms with E-state index in [1.807, 2.05) is 0 Å². The Bertz CT molecular complexity index is 1600. The van der Waals surface area contributed by atoms with Crippen molar-refractivity contribution < 1.29 is 25.3 Å². The normalized spacial score (nSPS) is 14.4. The molecule has 1 fully saturated rings. The number of aryl methyl sites for hydroxylation is 1. The highest BCUT2D eigenvalue weighted by Crippen LogP contribution is 2.28. The average Bonchev–Trinajstić information content (AvgIpc) is 3.66. The predicted molar refractivity (Wildman–Crippen MR) is 138 cm³/mol. The van der Waals surface area contributed by atoms with Crippen LogP contribution >= 0.6 is 0 Å². The van der Waals surface area contributed by atoms with Gasteiger partial charge in [0.05, 0.1) is 15.0 Å². The van der Waals surface area contributed by atoms with Gasteiger partial charge < -0.3 is 10.6 Å². The van der Waals surface area contributed by atoms with E-state index in [0.29, 0.717) is 29.9 Å². The Kier molecular flexibility index (Phi) is 7.24. The van der Waals surface area contributed by atoms with Gasteiger partial charge >= 0.3 is 0 Å². The van der Waals surface area contributed by atoms with Crippen LogP contribution in [0.1, 0.15) is 24.0 Å². The maximum Gasteiger partial charge on any atom is 0.238 e. The summed E-state index contributed by atoms with van der Waals surface area (Å²) in [6.45, 7) is 1.96. The first-order chi connectivity index (χ1) is 17.2. The second-order valence-corrected chi connectivity index (χ2v) is 13.7. The molecule has 1 heterocycles. The van der Waals surface area contributed by atoms with E-state index in [0.717, 1.165) is 23.8 Å². The molecular weight excluding hydrogens is 542 g/mol. The van der Waals surface area contributed by atoms with E-state index >= 15 is 0 Å². The van der Waals surface area contributed by atoms with Gasteiger partial charge in [-0.15, -0.1) is 0 Å². The Morgan fingerprint density at radius 2 is 1.46 bits per heavy atom. The van der Waals surface area contributed by atoms with Gasteiger partial charge in [0.15, 0.2) is 0 Å². The molecule has 0 unspecified atom stereocenters. The van der Waals surface area contributed by atoms with Gasteiger partial charge in [0.25, 0.3) is 0 Å². The molecule has 13 nitrogen and oxygen atoms in total. The second-order valence-electron chi connectivity index (χ2n) is 8.52. The largest absolute Gasteiger partial charge is 0.340 e. The van der Waals surface area contributed by atoms with Gasteiger partial charge in [-0.3, -0.25) is 0 Å². The van der Waals surface area contributed by atoms with Crippen molar-refractivity contribution in [3.8, 4) is 0 Å². The zero-order valence-corrected chi connectivity index (χ0v) is 22.0. The molecule has 0 atom stereocenters. The van der Waals surface area contributed by atoms with Crippen molar-refractivity contribution in [2.45, 2.75) is 41.4 Å². The Labute approximate surface area is 214 Å². The molecule has 16 heteroatoms. The summed E-state index contributed by atoms with van der Waals surface area (Å²) in [4.78, 5) is 7.62. The topological polar surface area (TPSA) is 216 Å². The Morgan fingerprint density at radius 3 is 2.00 bits per heavy atom. The molecule has 7 N–H and O–H groups in total. The number of rotatable bonds is 10. The third-order valence-electron chi connectivity index (χ3n) is 5.42. The van der Waals surface area contributed by atoms with Crippen molar-refractivity contribution in [2.75, 3.05) is 10.6 Å². The van der Waals surface area contributed by atoms with Gasteiger partial charge in [-0.25, -0.2) is 45.2 Å². The lowest BCUT2D eigenvalue weighted by Gasteiger charge is -2.13. The summed E-state index contributed by atoms with van der Waals surface area (Å²) in [6.07, 6.45) is 2.90. The van der Waals surface area contributed by atoms with Crippen molar-refractivity contribution >= 4 is 53.2 Å². The molecule has 2 aromatic carbocycles. The second kappa shape index (κ2) is 9.96. The van der Waals surface area contributed by atoms with Crippen LogP contribution in [0, 0.1) is 6.92 Å². The first-order valence-electron chi connectivity index (χ1n) is 10.9. The van der Waals surface area contributed by atoms with Crippen molar-refractivity contribution in [2.24, 2.45) is 10.3 Å². The number of nitrogens with zero attached hydrogens (tertiary/aromatic N) is 2. The number of benzene rings is 2. The molecule has 0 bridgehead atoms. The van der Waals surface area contributed by atoms with Crippen LogP contribution in [0.4, 0.5) is 23.1 Å². The summed E-state index contributed by atoms with van der Waals surface area (Å²) in [6, 6.07) is 10.2. The van der Waals surface area contributed by atoms with Crippen LogP contribution in [0.2, 0.25) is 0 Å². The molecule has 1 saturated carbocycles. The number of sulfonamides is 3. The van der Waals surface area contributed by atoms with Crippen molar-refractivity contribution in [3.05, 3.63) is 59.8 Å². The Balaban J connectivity index is 1.51. The summed E-state index contributed by atoms with van der Waals surface area (Å²) in [5.74, 6) is 0.472. The molecule has 0 amide bonds. The highest BCUT2D eigenvalue weighted by Gasteiger charge is 2.35.